The van der Waals surface area contributed by atoms with E-state index in [2.05, 4.69) is 31.4 Å². The van der Waals surface area contributed by atoms with Gasteiger partial charge in [0.2, 0.25) is 5.91 Å². The summed E-state index contributed by atoms with van der Waals surface area (Å²) < 4.78 is 3.52. The molecule has 0 spiro atoms. The second-order valence-electron chi connectivity index (χ2n) is 6.25. The predicted molar refractivity (Wildman–Crippen MR) is 112 cm³/mol. The Morgan fingerprint density at radius 1 is 1.38 bits per heavy atom. The van der Waals surface area contributed by atoms with Crippen LogP contribution in [0.3, 0.4) is 0 Å². The zero-order chi connectivity index (χ0) is 21.3. The Morgan fingerprint density at radius 3 is 2.72 bits per heavy atom. The van der Waals surface area contributed by atoms with Crippen LogP contribution in [-0.4, -0.2) is 30.4 Å². The van der Waals surface area contributed by atoms with E-state index in [0.717, 1.165) is 11.8 Å². The van der Waals surface area contributed by atoms with Gasteiger partial charge in [0, 0.05) is 6.20 Å². The molecule has 0 bridgehead atoms. The summed E-state index contributed by atoms with van der Waals surface area (Å²) in [6, 6.07) is 4.51. The van der Waals surface area contributed by atoms with E-state index in [-0.39, 0.29) is 5.69 Å². The Morgan fingerprint density at radius 2 is 2.10 bits per heavy atom. The first kappa shape index (κ1) is 21.3. The molecule has 29 heavy (non-hydrogen) atoms. The molecule has 0 saturated heterocycles. The average Bonchev–Trinajstić information content (AvgIpc) is 3.20. The first-order valence-electron chi connectivity index (χ1n) is 8.33. The molecule has 1 amide bonds. The lowest BCUT2D eigenvalue weighted by Crippen LogP contribution is -2.25. The van der Waals surface area contributed by atoms with Gasteiger partial charge in [0.25, 0.3) is 0 Å². The normalized spacial score (nSPS) is 12.0. The zero-order valence-corrected chi connectivity index (χ0v) is 18.4. The van der Waals surface area contributed by atoms with Crippen molar-refractivity contribution in [3.63, 3.8) is 0 Å². The van der Waals surface area contributed by atoms with Crippen molar-refractivity contribution in [1.82, 2.24) is 19.6 Å². The number of aromatic nitrogens is 4. The third kappa shape index (κ3) is 4.60. The molecule has 0 aliphatic heterocycles. The molecule has 2 aromatic heterocycles. The minimum absolute atomic E-state index is 0.142. The van der Waals surface area contributed by atoms with Crippen LogP contribution in [0.25, 0.3) is 0 Å². The lowest BCUT2D eigenvalue weighted by Gasteiger charge is -2.13. The molecule has 0 aliphatic rings. The number of carbonyl (C=O) groups is 1. The number of anilines is 1. The monoisotopic (exact) mass is 500 g/mol. The molecule has 0 radical (unpaired) electrons. The van der Waals surface area contributed by atoms with Crippen LogP contribution in [0.4, 0.5) is 11.5 Å². The molecule has 0 saturated carbocycles. The maximum absolute atomic E-state index is 12.6. The first-order chi connectivity index (χ1) is 13.7. The average molecular weight is 502 g/mol. The largest absolute Gasteiger partial charge is 0.309 e. The summed E-state index contributed by atoms with van der Waals surface area (Å²) in [5.41, 5.74) is 1.04. The highest BCUT2D eigenvalue weighted by Gasteiger charge is 2.24. The molecular weight excluding hydrogens is 487 g/mol. The van der Waals surface area contributed by atoms with Crippen LogP contribution in [0.2, 0.25) is 10.0 Å². The van der Waals surface area contributed by atoms with E-state index >= 15 is 0 Å². The van der Waals surface area contributed by atoms with Gasteiger partial charge in [-0.05, 0) is 47.5 Å². The highest BCUT2D eigenvalue weighted by Crippen LogP contribution is 2.26. The molecule has 9 nitrogen and oxygen atoms in total. The van der Waals surface area contributed by atoms with Gasteiger partial charge in [0.1, 0.15) is 17.9 Å². The number of nitro groups is 1. The lowest BCUT2D eigenvalue weighted by molar-refractivity contribution is -0.385. The second-order valence-corrected chi connectivity index (χ2v) is 7.92. The minimum atomic E-state index is -0.768. The van der Waals surface area contributed by atoms with Crippen LogP contribution >= 0.6 is 39.1 Å². The van der Waals surface area contributed by atoms with Crippen molar-refractivity contribution in [2.24, 2.45) is 0 Å². The molecule has 1 unspecified atom stereocenters. The maximum Gasteiger partial charge on any atom is 0.309 e. The minimum Gasteiger partial charge on any atom is -0.306 e. The number of halogens is 3. The molecule has 1 atom stereocenters. The van der Waals surface area contributed by atoms with E-state index in [0.29, 0.717) is 32.6 Å². The molecule has 0 aliphatic carbocycles. The molecular formula is C17H15BrCl2N6O3. The third-order valence-electron chi connectivity index (χ3n) is 4.25. The summed E-state index contributed by atoms with van der Waals surface area (Å²) in [4.78, 5) is 23.0. The fourth-order valence-corrected chi connectivity index (χ4v) is 3.44. The van der Waals surface area contributed by atoms with Crippen molar-refractivity contribution in [2.75, 3.05) is 5.32 Å². The molecule has 1 aromatic carbocycles. The maximum atomic E-state index is 12.6. The number of hydrogen-bond acceptors (Lipinski definition) is 5. The van der Waals surface area contributed by atoms with Crippen molar-refractivity contribution < 1.29 is 9.72 Å². The Bertz CT molecular complexity index is 1100. The van der Waals surface area contributed by atoms with Crippen LogP contribution in [0.15, 0.2) is 35.1 Å². The summed E-state index contributed by atoms with van der Waals surface area (Å²) in [6.07, 6.45) is 2.84. The second kappa shape index (κ2) is 8.52. The molecule has 0 fully saturated rings. The third-order valence-corrected chi connectivity index (χ3v) is 5.57. The molecule has 3 aromatic rings. The fraction of sp³-hybridized carbons (Fsp3) is 0.235. The van der Waals surface area contributed by atoms with E-state index in [4.69, 9.17) is 23.2 Å². The summed E-state index contributed by atoms with van der Waals surface area (Å²) in [5, 5.41) is 22.9. The van der Waals surface area contributed by atoms with Crippen molar-refractivity contribution >= 4 is 56.5 Å². The van der Waals surface area contributed by atoms with Crippen LogP contribution in [0.5, 0.6) is 0 Å². The van der Waals surface area contributed by atoms with Gasteiger partial charge < -0.3 is 5.32 Å². The Balaban J connectivity index is 1.74. The molecule has 3 rings (SSSR count). The number of amides is 1. The van der Waals surface area contributed by atoms with Gasteiger partial charge in [-0.3, -0.25) is 24.3 Å². The SMILES string of the molecule is Cc1c([N+](=O)[O-])cnn1C(C)C(=O)Nc1nn(Cc2ccc(Cl)c(Cl)c2)cc1Br. The zero-order valence-electron chi connectivity index (χ0n) is 15.3. The standard InChI is InChI=1S/C17H15BrCl2N6O3/c1-9-15(26(28)29)6-21-25(9)10(2)17(27)22-16-12(18)8-24(23-16)7-11-3-4-13(19)14(20)5-11/h3-6,8,10H,7H2,1-2H3,(H,22,23,27). The number of nitrogens with zero attached hydrogens (tertiary/aromatic N) is 5. The van der Waals surface area contributed by atoms with Crippen molar-refractivity contribution in [3.05, 3.63) is 66.5 Å². The number of nitrogens with one attached hydrogen (secondary N) is 1. The van der Waals surface area contributed by atoms with Crippen LogP contribution in [0, 0.1) is 17.0 Å². The van der Waals surface area contributed by atoms with Crippen LogP contribution in [-0.2, 0) is 11.3 Å². The van der Waals surface area contributed by atoms with Gasteiger partial charge in [-0.15, -0.1) is 0 Å². The number of carbonyl (C=O) groups excluding carboxylic acids is 1. The molecule has 152 valence electrons. The number of rotatable bonds is 6. The Kier molecular flexibility index (Phi) is 6.25. The van der Waals surface area contributed by atoms with Gasteiger partial charge in [0.05, 0.1) is 26.0 Å². The topological polar surface area (TPSA) is 108 Å². The van der Waals surface area contributed by atoms with Crippen LogP contribution < -0.4 is 5.32 Å². The quantitative estimate of drug-likeness (QED) is 0.391. The summed E-state index contributed by atoms with van der Waals surface area (Å²) >= 11 is 15.3. The highest BCUT2D eigenvalue weighted by atomic mass is 79.9. The van der Waals surface area contributed by atoms with Gasteiger partial charge in [-0.25, -0.2) is 0 Å². The van der Waals surface area contributed by atoms with Crippen molar-refractivity contribution in [3.8, 4) is 0 Å². The fourth-order valence-electron chi connectivity index (χ4n) is 2.70. The van der Waals surface area contributed by atoms with Crippen LogP contribution in [0.1, 0.15) is 24.2 Å². The van der Waals surface area contributed by atoms with E-state index in [1.165, 1.54) is 11.6 Å². The van der Waals surface area contributed by atoms with Crippen molar-refractivity contribution in [2.45, 2.75) is 26.4 Å². The smallest absolute Gasteiger partial charge is 0.306 e. The van der Waals surface area contributed by atoms with E-state index in [1.54, 1.807) is 29.9 Å². The Hall–Kier alpha value is -2.43. The summed E-state index contributed by atoms with van der Waals surface area (Å²) in [7, 11) is 0. The lowest BCUT2D eigenvalue weighted by atomic mass is 10.2. The van der Waals surface area contributed by atoms with Crippen molar-refractivity contribution in [1.29, 1.82) is 0 Å². The highest BCUT2D eigenvalue weighted by molar-refractivity contribution is 9.10. The number of benzene rings is 1. The first-order valence-corrected chi connectivity index (χ1v) is 9.88. The Labute approximate surface area is 183 Å². The molecule has 1 N–H and O–H groups in total. The van der Waals surface area contributed by atoms with E-state index < -0.39 is 16.9 Å². The van der Waals surface area contributed by atoms with E-state index in [1.807, 2.05) is 6.07 Å². The van der Waals surface area contributed by atoms with Gasteiger partial charge in [-0.1, -0.05) is 29.3 Å². The van der Waals surface area contributed by atoms with Gasteiger partial charge in [0.15, 0.2) is 5.82 Å². The number of hydrogen-bond donors (Lipinski definition) is 1. The summed E-state index contributed by atoms with van der Waals surface area (Å²) in [5.74, 6) is -0.0900. The van der Waals surface area contributed by atoms with Gasteiger partial charge in [-0.2, -0.15) is 10.2 Å². The summed E-state index contributed by atoms with van der Waals surface area (Å²) in [6.45, 7) is 3.56. The molecule has 12 heteroatoms. The van der Waals surface area contributed by atoms with E-state index in [9.17, 15) is 14.9 Å². The molecule has 2 heterocycles. The van der Waals surface area contributed by atoms with Gasteiger partial charge >= 0.3 is 5.69 Å². The predicted octanol–water partition coefficient (Wildman–Crippen LogP) is 4.61.